The third-order valence-electron chi connectivity index (χ3n) is 5.45. The van der Waals surface area contributed by atoms with Crippen molar-refractivity contribution in [3.63, 3.8) is 0 Å². The zero-order valence-corrected chi connectivity index (χ0v) is 19.4. The number of nitrogens with one attached hydrogen (secondary N) is 2. The van der Waals surface area contributed by atoms with E-state index in [9.17, 15) is 14.4 Å². The quantitative estimate of drug-likeness (QED) is 0.571. The number of hydrogen-bond acceptors (Lipinski definition) is 7. The van der Waals surface area contributed by atoms with Crippen molar-refractivity contribution < 1.29 is 28.6 Å². The van der Waals surface area contributed by atoms with Gasteiger partial charge in [-0.3, -0.25) is 4.90 Å². The Morgan fingerprint density at radius 3 is 2.24 bits per heavy atom. The fourth-order valence-corrected chi connectivity index (χ4v) is 3.89. The van der Waals surface area contributed by atoms with Gasteiger partial charge in [-0.2, -0.15) is 0 Å². The maximum absolute atomic E-state index is 12.9. The first-order valence-electron chi connectivity index (χ1n) is 11.3. The Bertz CT molecular complexity index is 877. The van der Waals surface area contributed by atoms with Gasteiger partial charge in [0, 0.05) is 38.4 Å². The fourth-order valence-electron chi connectivity index (χ4n) is 3.89. The Labute approximate surface area is 193 Å². The summed E-state index contributed by atoms with van der Waals surface area (Å²) in [6.45, 7) is 9.08. The van der Waals surface area contributed by atoms with Crippen LogP contribution in [0.25, 0.3) is 0 Å². The molecule has 10 nitrogen and oxygen atoms in total. The minimum atomic E-state index is -0.649. The van der Waals surface area contributed by atoms with E-state index in [-0.39, 0.29) is 18.7 Å². The van der Waals surface area contributed by atoms with Gasteiger partial charge in [-0.15, -0.1) is 0 Å². The lowest BCUT2D eigenvalue weighted by molar-refractivity contribution is -0.139. The normalized spacial score (nSPS) is 18.9. The highest BCUT2D eigenvalue weighted by atomic mass is 16.6. The first kappa shape index (κ1) is 24.4. The Balaban J connectivity index is 1.82. The number of ether oxygens (including phenoxy) is 3. The number of hydrogen-bond donors (Lipinski definition) is 2. The number of esters is 1. The van der Waals surface area contributed by atoms with Crippen LogP contribution in [0.2, 0.25) is 0 Å². The van der Waals surface area contributed by atoms with Crippen LogP contribution in [0.1, 0.15) is 32.4 Å². The van der Waals surface area contributed by atoms with Gasteiger partial charge in [-0.1, -0.05) is 12.1 Å². The molecule has 1 atom stereocenters. The van der Waals surface area contributed by atoms with Crippen LogP contribution < -0.4 is 15.4 Å². The molecular formula is C23H32N4O6. The second-order valence-electron chi connectivity index (χ2n) is 7.61. The Hall–Kier alpha value is -3.27. The van der Waals surface area contributed by atoms with Gasteiger partial charge in [-0.25, -0.2) is 14.4 Å². The molecule has 2 aliphatic rings. The fraction of sp³-hybridized carbons (Fsp3) is 0.522. The van der Waals surface area contributed by atoms with Crippen molar-refractivity contribution in [2.75, 3.05) is 52.5 Å². The van der Waals surface area contributed by atoms with Crippen molar-refractivity contribution in [2.45, 2.75) is 26.8 Å². The lowest BCUT2D eigenvalue weighted by Gasteiger charge is -2.36. The van der Waals surface area contributed by atoms with E-state index in [4.69, 9.17) is 14.2 Å². The summed E-state index contributed by atoms with van der Waals surface area (Å²) in [6.07, 6.45) is -0.325. The smallest absolute Gasteiger partial charge is 0.409 e. The highest BCUT2D eigenvalue weighted by molar-refractivity contribution is 5.95. The second kappa shape index (κ2) is 11.6. The van der Waals surface area contributed by atoms with Crippen LogP contribution in [-0.2, 0) is 14.3 Å². The predicted molar refractivity (Wildman–Crippen MR) is 121 cm³/mol. The average Bonchev–Trinajstić information content (AvgIpc) is 2.80. The van der Waals surface area contributed by atoms with Crippen molar-refractivity contribution in [3.05, 3.63) is 41.1 Å². The number of carbonyl (C=O) groups is 3. The van der Waals surface area contributed by atoms with E-state index in [0.717, 1.165) is 5.56 Å². The molecule has 0 radical (unpaired) electrons. The summed E-state index contributed by atoms with van der Waals surface area (Å²) in [5.41, 5.74) is 1.62. The van der Waals surface area contributed by atoms with Crippen LogP contribution in [0.3, 0.4) is 0 Å². The van der Waals surface area contributed by atoms with E-state index in [1.165, 1.54) is 0 Å². The van der Waals surface area contributed by atoms with Crippen LogP contribution in [0.5, 0.6) is 5.75 Å². The zero-order valence-electron chi connectivity index (χ0n) is 19.4. The van der Waals surface area contributed by atoms with E-state index < -0.39 is 12.0 Å². The molecule has 1 aromatic rings. The molecule has 0 spiro atoms. The van der Waals surface area contributed by atoms with E-state index in [1.807, 2.05) is 31.2 Å². The van der Waals surface area contributed by atoms with Gasteiger partial charge in [0.05, 0.1) is 31.4 Å². The van der Waals surface area contributed by atoms with Gasteiger partial charge in [-0.05, 0) is 38.5 Å². The largest absolute Gasteiger partial charge is 0.494 e. The topological polar surface area (TPSA) is 109 Å². The van der Waals surface area contributed by atoms with Crippen molar-refractivity contribution in [1.29, 1.82) is 0 Å². The Morgan fingerprint density at radius 2 is 1.64 bits per heavy atom. The number of urea groups is 1. The van der Waals surface area contributed by atoms with E-state index in [1.54, 1.807) is 18.7 Å². The minimum Gasteiger partial charge on any atom is -0.494 e. The van der Waals surface area contributed by atoms with Crippen LogP contribution in [0.15, 0.2) is 35.5 Å². The average molecular weight is 461 g/mol. The van der Waals surface area contributed by atoms with Crippen LogP contribution in [0, 0.1) is 0 Å². The highest BCUT2D eigenvalue weighted by Gasteiger charge is 2.35. The lowest BCUT2D eigenvalue weighted by atomic mass is 9.94. The molecule has 1 saturated heterocycles. The summed E-state index contributed by atoms with van der Waals surface area (Å²) in [6, 6.07) is 6.24. The molecule has 2 heterocycles. The van der Waals surface area contributed by atoms with Gasteiger partial charge in [0.1, 0.15) is 5.75 Å². The van der Waals surface area contributed by atoms with Gasteiger partial charge in [0.25, 0.3) is 0 Å². The number of carbonyl (C=O) groups excluding carboxylic acids is 3. The Kier molecular flexibility index (Phi) is 8.53. The molecule has 3 amide bonds. The monoisotopic (exact) mass is 460 g/mol. The molecule has 33 heavy (non-hydrogen) atoms. The third kappa shape index (κ3) is 6.16. The molecule has 1 aromatic carbocycles. The number of amides is 3. The molecule has 1 fully saturated rings. The van der Waals surface area contributed by atoms with Crippen molar-refractivity contribution in [2.24, 2.45) is 0 Å². The maximum Gasteiger partial charge on any atom is 0.409 e. The molecule has 0 bridgehead atoms. The van der Waals surface area contributed by atoms with E-state index >= 15 is 0 Å². The minimum absolute atomic E-state index is 0.220. The summed E-state index contributed by atoms with van der Waals surface area (Å²) in [5, 5.41) is 5.64. The highest BCUT2D eigenvalue weighted by Crippen LogP contribution is 2.29. The molecule has 0 aromatic heterocycles. The molecule has 0 saturated carbocycles. The molecule has 180 valence electrons. The molecular weight excluding hydrogens is 428 g/mol. The molecule has 2 N–H and O–H groups in total. The summed E-state index contributed by atoms with van der Waals surface area (Å²) < 4.78 is 15.9. The van der Waals surface area contributed by atoms with Gasteiger partial charge in [0.2, 0.25) is 0 Å². The van der Waals surface area contributed by atoms with Crippen LogP contribution >= 0.6 is 0 Å². The van der Waals surface area contributed by atoms with E-state index in [0.29, 0.717) is 63.0 Å². The first-order valence-corrected chi connectivity index (χ1v) is 11.3. The number of nitrogens with zero attached hydrogens (tertiary/aromatic N) is 2. The molecule has 0 unspecified atom stereocenters. The first-order chi connectivity index (χ1) is 16.0. The second-order valence-corrected chi connectivity index (χ2v) is 7.61. The SMILES string of the molecule is CCOC(=O)C1=C(CN2CCN(C(=O)OCC)CC2)NC(=O)N[C@@H]1c1ccc(OCC)cc1. The molecule has 0 aliphatic carbocycles. The lowest BCUT2D eigenvalue weighted by Crippen LogP contribution is -2.52. The van der Waals surface area contributed by atoms with Gasteiger partial charge < -0.3 is 29.7 Å². The molecule has 10 heteroatoms. The zero-order chi connectivity index (χ0) is 23.8. The summed E-state index contributed by atoms with van der Waals surface area (Å²) in [4.78, 5) is 41.1. The van der Waals surface area contributed by atoms with Crippen LogP contribution in [0.4, 0.5) is 9.59 Å². The summed E-state index contributed by atoms with van der Waals surface area (Å²) in [5.74, 6) is 0.229. The van der Waals surface area contributed by atoms with Crippen LogP contribution in [-0.4, -0.2) is 80.4 Å². The van der Waals surface area contributed by atoms with Crippen molar-refractivity contribution >= 4 is 18.1 Å². The van der Waals surface area contributed by atoms with E-state index in [2.05, 4.69) is 15.5 Å². The third-order valence-corrected chi connectivity index (χ3v) is 5.45. The number of piperazine rings is 1. The van der Waals surface area contributed by atoms with Gasteiger partial charge in [0.15, 0.2) is 0 Å². The van der Waals surface area contributed by atoms with Crippen molar-refractivity contribution in [1.82, 2.24) is 20.4 Å². The Morgan fingerprint density at radius 1 is 0.970 bits per heavy atom. The summed E-state index contributed by atoms with van der Waals surface area (Å²) in [7, 11) is 0. The molecule has 3 rings (SSSR count). The van der Waals surface area contributed by atoms with Crippen molar-refractivity contribution in [3.8, 4) is 5.75 Å². The molecule has 2 aliphatic heterocycles. The predicted octanol–water partition coefficient (Wildman–Crippen LogP) is 2.03. The maximum atomic E-state index is 12.9. The number of benzene rings is 1. The summed E-state index contributed by atoms with van der Waals surface area (Å²) >= 11 is 0. The standard InChI is InChI=1S/C23H32N4O6/c1-4-31-17-9-7-16(8-10-17)20-19(21(28)32-5-2)18(24-22(29)25-20)15-26-11-13-27(14-12-26)23(30)33-6-3/h7-10,20H,4-6,11-15H2,1-3H3,(H2,24,25,29)/t20-/m1/s1. The van der Waals surface area contributed by atoms with Gasteiger partial charge >= 0.3 is 18.1 Å². The number of rotatable bonds is 8.